The lowest BCUT2D eigenvalue weighted by Crippen LogP contribution is -2.41. The molecule has 0 aliphatic heterocycles. The normalized spacial score (nSPS) is 12.0. The highest BCUT2D eigenvalue weighted by Crippen LogP contribution is 2.10. The van der Waals surface area contributed by atoms with Crippen LogP contribution in [-0.2, 0) is 4.79 Å². The second-order valence-corrected chi connectivity index (χ2v) is 3.85. The van der Waals surface area contributed by atoms with Crippen molar-refractivity contribution in [3.63, 3.8) is 0 Å². The highest BCUT2D eigenvalue weighted by molar-refractivity contribution is 5.80. The first-order valence-corrected chi connectivity index (χ1v) is 5.39. The quantitative estimate of drug-likeness (QED) is 0.835. The third kappa shape index (κ3) is 4.40. The van der Waals surface area contributed by atoms with Crippen LogP contribution in [-0.4, -0.2) is 37.0 Å². The molecule has 0 saturated heterocycles. The molecule has 0 fully saturated rings. The van der Waals surface area contributed by atoms with Gasteiger partial charge >= 0.3 is 0 Å². The van der Waals surface area contributed by atoms with Gasteiger partial charge in [-0.1, -0.05) is 0 Å². The zero-order chi connectivity index (χ0) is 12.8. The molecule has 1 atom stereocenters. The summed E-state index contributed by atoms with van der Waals surface area (Å²) in [5, 5.41) is 0. The Hall–Kier alpha value is -1.62. The minimum Gasteiger partial charge on any atom is -0.492 e. The first-order valence-electron chi connectivity index (χ1n) is 5.39. The number of ether oxygens (including phenoxy) is 1. The van der Waals surface area contributed by atoms with Crippen molar-refractivity contribution in [2.45, 2.75) is 13.0 Å². The summed E-state index contributed by atoms with van der Waals surface area (Å²) in [6, 6.07) is 5.23. The number of carbonyl (C=O) groups excluding carboxylic acids is 1. The van der Waals surface area contributed by atoms with Crippen LogP contribution >= 0.6 is 0 Å². The molecule has 1 amide bonds. The predicted molar refractivity (Wildman–Crippen MR) is 63.2 cm³/mol. The molecular formula is C12H17FN2O2. The van der Waals surface area contributed by atoms with E-state index in [2.05, 4.69) is 0 Å². The predicted octanol–water partition coefficient (Wildman–Crippen LogP) is 1.01. The van der Waals surface area contributed by atoms with Crippen LogP contribution < -0.4 is 10.5 Å². The van der Waals surface area contributed by atoms with Gasteiger partial charge in [0.25, 0.3) is 0 Å². The highest BCUT2D eigenvalue weighted by atomic mass is 19.1. The Balaban J connectivity index is 2.33. The van der Waals surface area contributed by atoms with Crippen molar-refractivity contribution in [3.8, 4) is 5.75 Å². The van der Waals surface area contributed by atoms with Crippen LogP contribution in [0.3, 0.4) is 0 Å². The Morgan fingerprint density at radius 2 is 2.06 bits per heavy atom. The van der Waals surface area contributed by atoms with Crippen molar-refractivity contribution < 1.29 is 13.9 Å². The third-order valence-electron chi connectivity index (χ3n) is 2.27. The maximum Gasteiger partial charge on any atom is 0.239 e. The zero-order valence-corrected chi connectivity index (χ0v) is 10.0. The Kier molecular flexibility index (Phi) is 4.90. The summed E-state index contributed by atoms with van der Waals surface area (Å²) in [6.45, 7) is 2.43. The topological polar surface area (TPSA) is 55.6 Å². The SMILES string of the molecule is CC(N)C(=O)N(C)CCOc1ccc(F)cc1. The summed E-state index contributed by atoms with van der Waals surface area (Å²) >= 11 is 0. The summed E-state index contributed by atoms with van der Waals surface area (Å²) in [5.41, 5.74) is 5.46. The molecule has 2 N–H and O–H groups in total. The minimum absolute atomic E-state index is 0.132. The molecule has 0 radical (unpaired) electrons. The van der Waals surface area contributed by atoms with Crippen LogP contribution in [0.25, 0.3) is 0 Å². The number of likely N-dealkylation sites (N-methyl/N-ethyl adjacent to an activating group) is 1. The van der Waals surface area contributed by atoms with Gasteiger partial charge in [-0.3, -0.25) is 4.79 Å². The maximum absolute atomic E-state index is 12.6. The average Bonchev–Trinajstić information content (AvgIpc) is 2.30. The number of hydrogen-bond donors (Lipinski definition) is 1. The van der Waals surface area contributed by atoms with E-state index < -0.39 is 6.04 Å². The molecule has 5 heteroatoms. The van der Waals surface area contributed by atoms with Gasteiger partial charge in [0.1, 0.15) is 18.2 Å². The lowest BCUT2D eigenvalue weighted by molar-refractivity contribution is -0.131. The number of amides is 1. The van der Waals surface area contributed by atoms with E-state index in [-0.39, 0.29) is 11.7 Å². The Labute approximate surface area is 100 Å². The molecule has 0 heterocycles. The number of rotatable bonds is 5. The van der Waals surface area contributed by atoms with Gasteiger partial charge in [-0.05, 0) is 31.2 Å². The Bertz CT molecular complexity index is 365. The zero-order valence-electron chi connectivity index (χ0n) is 10.0. The van der Waals surface area contributed by atoms with Crippen molar-refractivity contribution in [3.05, 3.63) is 30.1 Å². The van der Waals surface area contributed by atoms with Crippen LogP contribution in [0, 0.1) is 5.82 Å². The maximum atomic E-state index is 12.6. The van der Waals surface area contributed by atoms with E-state index >= 15 is 0 Å². The molecular weight excluding hydrogens is 223 g/mol. The molecule has 1 rings (SSSR count). The molecule has 1 aromatic rings. The van der Waals surface area contributed by atoms with Gasteiger partial charge in [0.15, 0.2) is 0 Å². The highest BCUT2D eigenvalue weighted by Gasteiger charge is 2.12. The van der Waals surface area contributed by atoms with E-state index in [1.54, 1.807) is 26.1 Å². The lowest BCUT2D eigenvalue weighted by Gasteiger charge is -2.19. The molecule has 0 aromatic heterocycles. The van der Waals surface area contributed by atoms with Gasteiger partial charge in [-0.15, -0.1) is 0 Å². The summed E-state index contributed by atoms with van der Waals surface area (Å²) < 4.78 is 18.0. The van der Waals surface area contributed by atoms with E-state index in [1.165, 1.54) is 17.0 Å². The van der Waals surface area contributed by atoms with Crippen LogP contribution in [0.2, 0.25) is 0 Å². The second kappa shape index (κ2) is 6.20. The van der Waals surface area contributed by atoms with Gasteiger partial charge in [-0.25, -0.2) is 4.39 Å². The molecule has 1 unspecified atom stereocenters. The number of halogens is 1. The van der Waals surface area contributed by atoms with Crippen molar-refractivity contribution in [2.75, 3.05) is 20.2 Å². The van der Waals surface area contributed by atoms with Gasteiger partial charge in [0, 0.05) is 7.05 Å². The molecule has 94 valence electrons. The molecule has 0 spiro atoms. The van der Waals surface area contributed by atoms with Crippen LogP contribution in [0.5, 0.6) is 5.75 Å². The summed E-state index contributed by atoms with van der Waals surface area (Å²) in [5.74, 6) is 0.141. The third-order valence-corrected chi connectivity index (χ3v) is 2.27. The molecule has 1 aromatic carbocycles. The smallest absolute Gasteiger partial charge is 0.239 e. The van der Waals surface area contributed by atoms with Gasteiger partial charge in [0.05, 0.1) is 12.6 Å². The van der Waals surface area contributed by atoms with Crippen LogP contribution in [0.15, 0.2) is 24.3 Å². The molecule has 0 aliphatic carbocycles. The van der Waals surface area contributed by atoms with Crippen LogP contribution in [0.1, 0.15) is 6.92 Å². The van der Waals surface area contributed by atoms with Gasteiger partial charge in [-0.2, -0.15) is 0 Å². The van der Waals surface area contributed by atoms with Crippen molar-refractivity contribution >= 4 is 5.91 Å². The number of hydrogen-bond acceptors (Lipinski definition) is 3. The number of nitrogens with two attached hydrogens (primary N) is 1. The minimum atomic E-state index is -0.508. The van der Waals surface area contributed by atoms with E-state index in [0.29, 0.717) is 18.9 Å². The fraction of sp³-hybridized carbons (Fsp3) is 0.417. The number of carbonyl (C=O) groups is 1. The van der Waals surface area contributed by atoms with E-state index in [0.717, 1.165) is 0 Å². The first kappa shape index (κ1) is 13.4. The molecule has 17 heavy (non-hydrogen) atoms. The molecule has 0 aliphatic rings. The van der Waals surface area contributed by atoms with Crippen molar-refractivity contribution in [1.29, 1.82) is 0 Å². The Morgan fingerprint density at radius 3 is 2.59 bits per heavy atom. The molecule has 0 saturated carbocycles. The van der Waals surface area contributed by atoms with Crippen molar-refractivity contribution in [2.24, 2.45) is 5.73 Å². The fourth-order valence-corrected chi connectivity index (χ4v) is 1.29. The van der Waals surface area contributed by atoms with Crippen molar-refractivity contribution in [1.82, 2.24) is 4.90 Å². The summed E-state index contributed by atoms with van der Waals surface area (Å²) in [7, 11) is 1.67. The standard InChI is InChI=1S/C12H17FN2O2/c1-9(14)12(16)15(2)7-8-17-11-5-3-10(13)4-6-11/h3-6,9H,7-8,14H2,1-2H3. The van der Waals surface area contributed by atoms with E-state index in [9.17, 15) is 9.18 Å². The molecule has 0 bridgehead atoms. The van der Waals surface area contributed by atoms with E-state index in [1.807, 2.05) is 0 Å². The fourth-order valence-electron chi connectivity index (χ4n) is 1.29. The monoisotopic (exact) mass is 240 g/mol. The first-order chi connectivity index (χ1) is 8.00. The molecule has 4 nitrogen and oxygen atoms in total. The van der Waals surface area contributed by atoms with Crippen LogP contribution in [0.4, 0.5) is 4.39 Å². The average molecular weight is 240 g/mol. The lowest BCUT2D eigenvalue weighted by atomic mass is 10.3. The number of benzene rings is 1. The van der Waals surface area contributed by atoms with Gasteiger partial charge in [0.2, 0.25) is 5.91 Å². The second-order valence-electron chi connectivity index (χ2n) is 3.85. The number of nitrogens with zero attached hydrogens (tertiary/aromatic N) is 1. The Morgan fingerprint density at radius 1 is 1.47 bits per heavy atom. The largest absolute Gasteiger partial charge is 0.492 e. The van der Waals surface area contributed by atoms with E-state index in [4.69, 9.17) is 10.5 Å². The summed E-state index contributed by atoms with van der Waals surface area (Å²) in [6.07, 6.45) is 0. The summed E-state index contributed by atoms with van der Waals surface area (Å²) in [4.78, 5) is 12.9. The van der Waals surface area contributed by atoms with Gasteiger partial charge < -0.3 is 15.4 Å².